The smallest absolute Gasteiger partial charge is 0.404 e. The molecule has 2 N–H and O–H groups in total. The van der Waals surface area contributed by atoms with E-state index in [2.05, 4.69) is 29.6 Å². The third-order valence-electron chi connectivity index (χ3n) is 3.42. The van der Waals surface area contributed by atoms with E-state index in [9.17, 15) is 4.79 Å². The maximum Gasteiger partial charge on any atom is 0.404 e. The third-order valence-corrected chi connectivity index (χ3v) is 3.42. The Hall–Kier alpha value is -2.29. The van der Waals surface area contributed by atoms with Crippen LogP contribution in [0.1, 0.15) is 17.0 Å². The molecule has 0 unspecified atom stereocenters. The maximum absolute atomic E-state index is 10.7. The number of nitrogens with one attached hydrogen (secondary N) is 1. The zero-order valence-corrected chi connectivity index (χ0v) is 9.76. The summed E-state index contributed by atoms with van der Waals surface area (Å²) in [5.41, 5.74) is 4.83. The van der Waals surface area contributed by atoms with Crippen molar-refractivity contribution >= 4 is 6.09 Å². The van der Waals surface area contributed by atoms with Crippen molar-refractivity contribution in [3.8, 4) is 11.1 Å². The summed E-state index contributed by atoms with van der Waals surface area (Å²) in [6.45, 7) is 0.420. The molecule has 0 fully saturated rings. The molecule has 2 aromatic rings. The van der Waals surface area contributed by atoms with Crippen molar-refractivity contribution in [2.24, 2.45) is 0 Å². The number of hydrogen-bond acceptors (Lipinski definition) is 1. The first-order valence-electron chi connectivity index (χ1n) is 5.92. The van der Waals surface area contributed by atoms with Crippen LogP contribution in [-0.4, -0.2) is 17.7 Å². The highest BCUT2D eigenvalue weighted by atomic mass is 16.4. The molecule has 0 aliphatic heterocycles. The van der Waals surface area contributed by atoms with Crippen molar-refractivity contribution in [3.05, 3.63) is 59.7 Å². The second-order valence-corrected chi connectivity index (χ2v) is 4.41. The second-order valence-electron chi connectivity index (χ2n) is 4.41. The van der Waals surface area contributed by atoms with Gasteiger partial charge in [-0.25, -0.2) is 4.79 Å². The monoisotopic (exact) mass is 239 g/mol. The lowest BCUT2D eigenvalue weighted by atomic mass is 9.97. The van der Waals surface area contributed by atoms with Gasteiger partial charge >= 0.3 is 6.09 Å². The molecule has 0 heterocycles. The normalized spacial score (nSPS) is 12.9. The molecular formula is C15H13NO2. The molecule has 90 valence electrons. The van der Waals surface area contributed by atoms with Gasteiger partial charge in [-0.2, -0.15) is 0 Å². The molecule has 0 spiro atoms. The highest BCUT2D eigenvalue weighted by Crippen LogP contribution is 2.43. The lowest BCUT2D eigenvalue weighted by Gasteiger charge is -2.12. The molecule has 1 amide bonds. The van der Waals surface area contributed by atoms with Gasteiger partial charge in [-0.3, -0.25) is 0 Å². The molecule has 2 aromatic carbocycles. The van der Waals surface area contributed by atoms with E-state index in [0.717, 1.165) is 0 Å². The van der Waals surface area contributed by atoms with Gasteiger partial charge in [-0.1, -0.05) is 48.5 Å². The summed E-state index contributed by atoms with van der Waals surface area (Å²) >= 11 is 0. The van der Waals surface area contributed by atoms with Crippen LogP contribution in [0.4, 0.5) is 4.79 Å². The molecule has 0 atom stereocenters. The minimum atomic E-state index is -0.975. The lowest BCUT2D eigenvalue weighted by molar-refractivity contribution is 0.194. The van der Waals surface area contributed by atoms with Crippen LogP contribution in [-0.2, 0) is 0 Å². The highest BCUT2D eigenvalue weighted by molar-refractivity contribution is 5.79. The van der Waals surface area contributed by atoms with Crippen molar-refractivity contribution in [1.82, 2.24) is 5.32 Å². The minimum absolute atomic E-state index is 0.119. The van der Waals surface area contributed by atoms with E-state index >= 15 is 0 Å². The molecule has 1 aliphatic rings. The van der Waals surface area contributed by atoms with Crippen LogP contribution in [0.25, 0.3) is 11.1 Å². The van der Waals surface area contributed by atoms with E-state index < -0.39 is 6.09 Å². The Morgan fingerprint density at radius 2 is 1.50 bits per heavy atom. The molecule has 3 heteroatoms. The molecule has 0 bridgehead atoms. The van der Waals surface area contributed by atoms with E-state index in [0.29, 0.717) is 6.54 Å². The molecule has 0 aromatic heterocycles. The van der Waals surface area contributed by atoms with E-state index in [1.165, 1.54) is 22.3 Å². The molecule has 3 rings (SSSR count). The fourth-order valence-corrected chi connectivity index (χ4v) is 2.67. The Kier molecular flexibility index (Phi) is 2.52. The van der Waals surface area contributed by atoms with Gasteiger partial charge in [0.1, 0.15) is 0 Å². The molecular weight excluding hydrogens is 226 g/mol. The van der Waals surface area contributed by atoms with Gasteiger partial charge in [0.2, 0.25) is 0 Å². The first kappa shape index (κ1) is 10.8. The zero-order valence-electron chi connectivity index (χ0n) is 9.76. The number of fused-ring (bicyclic) bond motifs is 3. The van der Waals surface area contributed by atoms with Gasteiger partial charge in [0.25, 0.3) is 0 Å². The van der Waals surface area contributed by atoms with Crippen LogP contribution in [0.2, 0.25) is 0 Å². The van der Waals surface area contributed by atoms with E-state index in [1.807, 2.05) is 24.3 Å². The van der Waals surface area contributed by atoms with Gasteiger partial charge in [0, 0.05) is 12.5 Å². The van der Waals surface area contributed by atoms with Gasteiger partial charge < -0.3 is 10.4 Å². The summed E-state index contributed by atoms with van der Waals surface area (Å²) in [5.74, 6) is 0.119. The molecule has 0 saturated heterocycles. The Balaban J connectivity index is 2.06. The summed E-state index contributed by atoms with van der Waals surface area (Å²) in [5, 5.41) is 11.2. The molecule has 3 nitrogen and oxygen atoms in total. The third kappa shape index (κ3) is 1.64. The first-order chi connectivity index (χ1) is 8.77. The Morgan fingerprint density at radius 3 is 2.00 bits per heavy atom. The average Bonchev–Trinajstić information content (AvgIpc) is 2.71. The summed E-state index contributed by atoms with van der Waals surface area (Å²) < 4.78 is 0. The summed E-state index contributed by atoms with van der Waals surface area (Å²) in [4.78, 5) is 10.7. The number of amides is 1. The predicted molar refractivity (Wildman–Crippen MR) is 69.7 cm³/mol. The van der Waals surface area contributed by atoms with Crippen molar-refractivity contribution in [2.75, 3.05) is 6.54 Å². The standard InChI is InChI=1S/C15H13NO2/c17-15(18)16-9-14-12-7-3-1-5-10(12)11-6-2-4-8-13(11)14/h1-8,14,16H,9H2,(H,17,18). The SMILES string of the molecule is O=C(O)NCC1c2ccccc2-c2ccccc21. The number of carboxylic acid groups (broad SMARTS) is 1. The second kappa shape index (κ2) is 4.18. The zero-order chi connectivity index (χ0) is 12.5. The molecule has 0 saturated carbocycles. The van der Waals surface area contributed by atoms with Gasteiger partial charge in [0.05, 0.1) is 0 Å². The fraction of sp³-hybridized carbons (Fsp3) is 0.133. The van der Waals surface area contributed by atoms with Crippen LogP contribution >= 0.6 is 0 Å². The van der Waals surface area contributed by atoms with Gasteiger partial charge in [0.15, 0.2) is 0 Å². The summed E-state index contributed by atoms with van der Waals surface area (Å²) in [7, 11) is 0. The van der Waals surface area contributed by atoms with Gasteiger partial charge in [-0.15, -0.1) is 0 Å². The Labute approximate surface area is 105 Å². The number of hydrogen-bond donors (Lipinski definition) is 2. The predicted octanol–water partition coefficient (Wildman–Crippen LogP) is 3.07. The first-order valence-corrected chi connectivity index (χ1v) is 5.92. The number of carbonyl (C=O) groups is 1. The van der Waals surface area contributed by atoms with Crippen LogP contribution in [0.3, 0.4) is 0 Å². The number of rotatable bonds is 2. The molecule has 18 heavy (non-hydrogen) atoms. The lowest BCUT2D eigenvalue weighted by Crippen LogP contribution is -2.26. The van der Waals surface area contributed by atoms with Gasteiger partial charge in [-0.05, 0) is 22.3 Å². The largest absolute Gasteiger partial charge is 0.465 e. The topological polar surface area (TPSA) is 49.3 Å². The van der Waals surface area contributed by atoms with E-state index in [-0.39, 0.29) is 5.92 Å². The average molecular weight is 239 g/mol. The van der Waals surface area contributed by atoms with Crippen LogP contribution in [0.5, 0.6) is 0 Å². The van der Waals surface area contributed by atoms with Crippen LogP contribution < -0.4 is 5.32 Å². The van der Waals surface area contributed by atoms with Crippen LogP contribution in [0.15, 0.2) is 48.5 Å². The highest BCUT2D eigenvalue weighted by Gasteiger charge is 2.27. The fourth-order valence-electron chi connectivity index (χ4n) is 2.67. The van der Waals surface area contributed by atoms with E-state index in [1.54, 1.807) is 0 Å². The van der Waals surface area contributed by atoms with Crippen molar-refractivity contribution < 1.29 is 9.90 Å². The Bertz CT molecular complexity index is 561. The van der Waals surface area contributed by atoms with Crippen molar-refractivity contribution in [2.45, 2.75) is 5.92 Å². The maximum atomic E-state index is 10.7. The Morgan fingerprint density at radius 1 is 1.00 bits per heavy atom. The molecule has 0 radical (unpaired) electrons. The van der Waals surface area contributed by atoms with Crippen LogP contribution in [0, 0.1) is 0 Å². The molecule has 1 aliphatic carbocycles. The van der Waals surface area contributed by atoms with Crippen molar-refractivity contribution in [1.29, 1.82) is 0 Å². The summed E-state index contributed by atoms with van der Waals surface area (Å²) in [6, 6.07) is 16.4. The quantitative estimate of drug-likeness (QED) is 0.846. The number of benzene rings is 2. The minimum Gasteiger partial charge on any atom is -0.465 e. The van der Waals surface area contributed by atoms with Crippen molar-refractivity contribution in [3.63, 3.8) is 0 Å². The van der Waals surface area contributed by atoms with E-state index in [4.69, 9.17) is 5.11 Å². The summed E-state index contributed by atoms with van der Waals surface area (Å²) in [6.07, 6.45) is -0.975.